The minimum absolute atomic E-state index is 0. The number of hydrogen-bond donors (Lipinski definition) is 2. The van der Waals surface area contributed by atoms with Crippen LogP contribution in [-0.4, -0.2) is 34.6 Å². The fourth-order valence-corrected chi connectivity index (χ4v) is 4.43. The Morgan fingerprint density at radius 3 is 1.00 bits per heavy atom. The van der Waals surface area contributed by atoms with Gasteiger partial charge in [0.25, 0.3) is 0 Å². The average Bonchev–Trinajstić information content (AvgIpc) is 2.89. The number of carboxylic acids is 2. The summed E-state index contributed by atoms with van der Waals surface area (Å²) in [5, 5.41) is 39.9. The van der Waals surface area contributed by atoms with Gasteiger partial charge in [0.1, 0.15) is 11.5 Å². The molecule has 0 aliphatic heterocycles. The van der Waals surface area contributed by atoms with Crippen molar-refractivity contribution in [3.05, 3.63) is 81.9 Å². The Morgan fingerprint density at radius 2 is 0.796 bits per heavy atom. The molecule has 269 valence electrons. The average molecular weight is 718 g/mol. The molecule has 0 aromatic heterocycles. The Morgan fingerprint density at radius 1 is 0.551 bits per heavy atom. The largest absolute Gasteiger partial charge is 2.00 e. The zero-order valence-electron chi connectivity index (χ0n) is 31.5. The molecule has 1 radical (unpaired) electrons. The molecular weight excluding hydrogens is 663 g/mol. The van der Waals surface area contributed by atoms with Crippen molar-refractivity contribution in [3.63, 3.8) is 0 Å². The molecule has 0 amide bonds. The minimum atomic E-state index is -1.08. The third-order valence-corrected chi connectivity index (χ3v) is 7.18. The number of phenols is 2. The third kappa shape index (κ3) is 15.0. The van der Waals surface area contributed by atoms with Gasteiger partial charge in [0, 0.05) is 46.6 Å². The van der Waals surface area contributed by atoms with Gasteiger partial charge in [-0.05, 0) is 83.0 Å². The molecule has 3 aromatic carbocycles. The predicted octanol–water partition coefficient (Wildman–Crippen LogP) is 7.30. The van der Waals surface area contributed by atoms with Crippen molar-refractivity contribution in [2.75, 3.05) is 0 Å². The van der Waals surface area contributed by atoms with Gasteiger partial charge in [-0.25, -0.2) is 0 Å². The Balaban J connectivity index is 0.00000230. The van der Waals surface area contributed by atoms with Crippen LogP contribution in [-0.2, 0) is 48.0 Å². The Kier molecular flexibility index (Phi) is 16.2. The number of carbonyl (C=O) groups excluding carboxylic acids is 2. The maximum atomic E-state index is 11.0. The number of phenolic OH excluding ortho intramolecular Hbond substituents is 2. The zero-order valence-corrected chi connectivity index (χ0v) is 32.6. The van der Waals surface area contributed by atoms with Crippen molar-refractivity contribution < 1.29 is 46.8 Å². The molecule has 0 saturated heterocycles. The molecule has 0 fully saturated rings. The van der Waals surface area contributed by atoms with Gasteiger partial charge in [-0.2, -0.15) is 0 Å². The van der Waals surface area contributed by atoms with E-state index in [4.69, 9.17) is 19.8 Å². The number of benzene rings is 3. The van der Waals surface area contributed by atoms with Gasteiger partial charge in [-0.3, -0.25) is 9.98 Å². The van der Waals surface area contributed by atoms with Crippen LogP contribution in [0.15, 0.2) is 58.5 Å². The van der Waals surface area contributed by atoms with E-state index in [1.54, 1.807) is 12.4 Å². The van der Waals surface area contributed by atoms with Gasteiger partial charge in [0.2, 0.25) is 0 Å². The molecule has 49 heavy (non-hydrogen) atoms. The van der Waals surface area contributed by atoms with Crippen molar-refractivity contribution in [2.24, 2.45) is 9.98 Å². The molecule has 0 aliphatic carbocycles. The van der Waals surface area contributed by atoms with Gasteiger partial charge >= 0.3 is 16.8 Å². The van der Waals surface area contributed by atoms with E-state index in [0.717, 1.165) is 47.5 Å². The summed E-state index contributed by atoms with van der Waals surface area (Å²) in [7, 11) is 0. The zero-order chi connectivity index (χ0) is 37.4. The molecule has 2 N–H and O–H groups in total. The first kappa shape index (κ1) is 45.0. The van der Waals surface area contributed by atoms with E-state index in [2.05, 4.69) is 105 Å². The molecule has 0 unspecified atom stereocenters. The fraction of sp³-hybridized carbons (Fsp3) is 0.450. The molecule has 8 nitrogen and oxygen atoms in total. The van der Waals surface area contributed by atoms with Gasteiger partial charge in [0.15, 0.2) is 0 Å². The van der Waals surface area contributed by atoms with Crippen LogP contribution in [0.4, 0.5) is 11.4 Å². The number of aliphatic imine (C=N–C) groups is 2. The van der Waals surface area contributed by atoms with Crippen LogP contribution >= 0.6 is 0 Å². The van der Waals surface area contributed by atoms with Crippen molar-refractivity contribution in [3.8, 4) is 11.5 Å². The summed E-state index contributed by atoms with van der Waals surface area (Å²) < 4.78 is 0. The normalized spacial score (nSPS) is 12.0. The SMILES string of the molecule is CC(=O)[O-].CC(=O)[O-].CC(C)(C)c1cc(C=Nc2ccc(N=Cc3cc(C(C)(C)C)cc(C(C)(C)C)c3O)cc2)c(O)c(C(C)(C)C)c1.[Co+2]. The number of nitrogens with zero attached hydrogens (tertiary/aromatic N) is 2. The molecule has 0 atom stereocenters. The van der Waals surface area contributed by atoms with E-state index in [0.29, 0.717) is 11.1 Å². The first-order valence-corrected chi connectivity index (χ1v) is 15.9. The number of aliphatic carboxylic acids is 2. The third-order valence-electron chi connectivity index (χ3n) is 7.18. The van der Waals surface area contributed by atoms with Crippen molar-refractivity contribution in [1.82, 2.24) is 0 Å². The van der Waals surface area contributed by atoms with E-state index in [1.165, 1.54) is 0 Å². The first-order valence-electron chi connectivity index (χ1n) is 15.9. The van der Waals surface area contributed by atoms with Gasteiger partial charge in [0.05, 0.1) is 11.4 Å². The second kappa shape index (κ2) is 17.6. The Bertz CT molecular complexity index is 1500. The van der Waals surface area contributed by atoms with Crippen LogP contribution in [0.5, 0.6) is 11.5 Å². The van der Waals surface area contributed by atoms with Crippen LogP contribution in [0.3, 0.4) is 0 Å². The van der Waals surface area contributed by atoms with Crippen LogP contribution in [0.2, 0.25) is 0 Å². The Hall–Kier alpha value is -3.95. The molecule has 0 heterocycles. The van der Waals surface area contributed by atoms with Crippen LogP contribution < -0.4 is 10.2 Å². The molecule has 0 bridgehead atoms. The van der Waals surface area contributed by atoms with Gasteiger partial charge < -0.3 is 30.0 Å². The summed E-state index contributed by atoms with van der Waals surface area (Å²) in [6.07, 6.45) is 3.48. The van der Waals surface area contributed by atoms with Crippen LogP contribution in [0.25, 0.3) is 0 Å². The van der Waals surface area contributed by atoms with Crippen LogP contribution in [0, 0.1) is 0 Å². The summed E-state index contributed by atoms with van der Waals surface area (Å²) in [6, 6.07) is 15.9. The molecule has 3 aromatic rings. The van der Waals surface area contributed by atoms with E-state index < -0.39 is 11.9 Å². The first-order chi connectivity index (χ1) is 21.6. The van der Waals surface area contributed by atoms with Crippen molar-refractivity contribution in [1.29, 1.82) is 0 Å². The summed E-state index contributed by atoms with van der Waals surface area (Å²) in [6.45, 7) is 27.7. The summed E-state index contributed by atoms with van der Waals surface area (Å²) in [5.41, 5.74) is 6.63. The van der Waals surface area contributed by atoms with Crippen LogP contribution in [0.1, 0.15) is 130 Å². The monoisotopic (exact) mass is 717 g/mol. The van der Waals surface area contributed by atoms with E-state index in [9.17, 15) is 10.2 Å². The van der Waals surface area contributed by atoms with E-state index in [-0.39, 0.29) is 49.9 Å². The van der Waals surface area contributed by atoms with E-state index in [1.807, 2.05) is 36.4 Å². The standard InChI is InChI=1S/C36H48N2O2.2C2H4O2.Co/c1-33(2,3)25-17-23(31(39)29(19-25)35(7,8)9)21-37-27-13-15-28(16-14-27)38-22-24-18-26(34(4,5)6)20-30(32(24)40)36(10,11)12;2*1-2(3)4;/h13-22,39-40H,1-12H3;2*1H3,(H,3,4);/q;;;+2/p-2. The molecule has 0 saturated carbocycles. The second-order valence-electron chi connectivity index (χ2n) is 15.9. The maximum Gasteiger partial charge on any atom is 2.00 e. The minimum Gasteiger partial charge on any atom is -0.550 e. The summed E-state index contributed by atoms with van der Waals surface area (Å²) in [5.74, 6) is -1.62. The molecule has 9 heteroatoms. The fourth-order valence-electron chi connectivity index (χ4n) is 4.43. The van der Waals surface area contributed by atoms with Crippen molar-refractivity contribution >= 4 is 35.7 Å². The molecule has 3 rings (SSSR count). The van der Waals surface area contributed by atoms with Crippen molar-refractivity contribution in [2.45, 2.75) is 119 Å². The molecule has 0 spiro atoms. The maximum absolute atomic E-state index is 11.0. The van der Waals surface area contributed by atoms with Gasteiger partial charge in [-0.1, -0.05) is 95.2 Å². The topological polar surface area (TPSA) is 145 Å². The number of carboxylic acid groups (broad SMARTS) is 2. The molecular formula is C40H54CoN2O6. The number of carbonyl (C=O) groups is 2. The van der Waals surface area contributed by atoms with Gasteiger partial charge in [-0.15, -0.1) is 0 Å². The number of hydrogen-bond acceptors (Lipinski definition) is 8. The summed E-state index contributed by atoms with van der Waals surface area (Å²) >= 11 is 0. The molecule has 0 aliphatic rings. The summed E-state index contributed by atoms with van der Waals surface area (Å²) in [4.78, 5) is 27.1. The Labute approximate surface area is 303 Å². The second-order valence-corrected chi connectivity index (χ2v) is 15.9. The smallest absolute Gasteiger partial charge is 0.550 e. The van der Waals surface area contributed by atoms with E-state index >= 15 is 0 Å². The number of aromatic hydroxyl groups is 2. The predicted molar refractivity (Wildman–Crippen MR) is 193 cm³/mol. The number of rotatable bonds is 4. The quantitative estimate of drug-likeness (QED) is 0.271.